The zero-order chi connectivity index (χ0) is 37.7. The largest absolute Gasteiger partial charge is 0.454 e. The fourth-order valence-corrected chi connectivity index (χ4v) is 8.62. The fourth-order valence-electron chi connectivity index (χ4n) is 8.62. The topological polar surface area (TPSA) is 19.6 Å². The lowest BCUT2D eigenvalue weighted by molar-refractivity contribution is 0.669. The van der Waals surface area contributed by atoms with Crippen LogP contribution in [0.4, 0.5) is 34.1 Å². The molecule has 0 atom stereocenters. The summed E-state index contributed by atoms with van der Waals surface area (Å²) in [6.07, 6.45) is 9.02. The van der Waals surface area contributed by atoms with Gasteiger partial charge in [-0.15, -0.1) is 0 Å². The van der Waals surface area contributed by atoms with Crippen LogP contribution < -0.4 is 9.80 Å². The summed E-state index contributed by atoms with van der Waals surface area (Å²) in [5.41, 5.74) is 10.5. The van der Waals surface area contributed by atoms with E-state index in [-0.39, 0.29) is 0 Å². The highest BCUT2D eigenvalue weighted by molar-refractivity contribution is 6.22. The average molecular weight is 731 g/mol. The van der Waals surface area contributed by atoms with Gasteiger partial charge < -0.3 is 14.2 Å². The minimum Gasteiger partial charge on any atom is -0.454 e. The van der Waals surface area contributed by atoms with Gasteiger partial charge in [0, 0.05) is 39.2 Å². The van der Waals surface area contributed by atoms with Gasteiger partial charge >= 0.3 is 0 Å². The number of hydrogen-bond acceptors (Lipinski definition) is 3. The van der Waals surface area contributed by atoms with Gasteiger partial charge in [-0.3, -0.25) is 0 Å². The molecule has 0 bridgehead atoms. The Bertz CT molecular complexity index is 3190. The molecular formula is C54H38N2O. The van der Waals surface area contributed by atoms with Gasteiger partial charge in [0.2, 0.25) is 0 Å². The number of nitrogens with zero attached hydrogens (tertiary/aromatic N) is 2. The second-order valence-electron chi connectivity index (χ2n) is 14.9. The summed E-state index contributed by atoms with van der Waals surface area (Å²) in [7, 11) is 0. The molecule has 10 aromatic rings. The van der Waals surface area contributed by atoms with Crippen LogP contribution in [0.15, 0.2) is 211 Å². The van der Waals surface area contributed by atoms with E-state index in [0.717, 1.165) is 68.9 Å². The van der Waals surface area contributed by atoms with Gasteiger partial charge in [-0.05, 0) is 123 Å². The number of hydrogen-bond donors (Lipinski definition) is 0. The Kier molecular flexibility index (Phi) is 7.96. The number of benzene rings is 9. The Balaban J connectivity index is 1.22. The fraction of sp³-hybridized carbons (Fsp3) is 0.0370. The summed E-state index contributed by atoms with van der Waals surface area (Å²) in [6.45, 7) is 0. The third-order valence-electron chi connectivity index (χ3n) is 11.4. The Morgan fingerprint density at radius 1 is 0.404 bits per heavy atom. The molecule has 0 fully saturated rings. The van der Waals surface area contributed by atoms with E-state index in [1.54, 1.807) is 0 Å². The van der Waals surface area contributed by atoms with Crippen molar-refractivity contribution < 1.29 is 4.42 Å². The molecule has 0 N–H and O–H groups in total. The summed E-state index contributed by atoms with van der Waals surface area (Å²) in [5.74, 6) is 0. The van der Waals surface area contributed by atoms with E-state index in [4.69, 9.17) is 4.42 Å². The highest BCUT2D eigenvalue weighted by atomic mass is 16.3. The van der Waals surface area contributed by atoms with Crippen molar-refractivity contribution in [2.75, 3.05) is 9.80 Å². The van der Waals surface area contributed by atoms with Crippen molar-refractivity contribution in [1.82, 2.24) is 0 Å². The monoisotopic (exact) mass is 730 g/mol. The van der Waals surface area contributed by atoms with Crippen molar-refractivity contribution in [3.63, 3.8) is 0 Å². The van der Waals surface area contributed by atoms with E-state index in [1.807, 2.05) is 0 Å². The molecule has 3 nitrogen and oxygen atoms in total. The molecule has 270 valence electrons. The average Bonchev–Trinajstić information content (AvgIpc) is 3.67. The van der Waals surface area contributed by atoms with E-state index < -0.39 is 0 Å². The Morgan fingerprint density at radius 2 is 1.00 bits per heavy atom. The van der Waals surface area contributed by atoms with E-state index in [0.29, 0.717) is 0 Å². The molecule has 1 aliphatic rings. The Hall–Kier alpha value is -7.36. The Labute approximate surface area is 331 Å². The minimum absolute atomic E-state index is 0.840. The zero-order valence-electron chi connectivity index (χ0n) is 31.3. The second kappa shape index (κ2) is 13.7. The third kappa shape index (κ3) is 5.84. The third-order valence-corrected chi connectivity index (χ3v) is 11.4. The highest BCUT2D eigenvalue weighted by Crippen LogP contribution is 2.48. The number of furan rings is 1. The summed E-state index contributed by atoms with van der Waals surface area (Å²) in [6, 6.07) is 67.9. The van der Waals surface area contributed by atoms with Crippen LogP contribution in [-0.4, -0.2) is 0 Å². The van der Waals surface area contributed by atoms with Crippen molar-refractivity contribution in [3.8, 4) is 0 Å². The van der Waals surface area contributed by atoms with Crippen LogP contribution in [0.1, 0.15) is 18.4 Å². The Morgan fingerprint density at radius 3 is 1.70 bits per heavy atom. The van der Waals surface area contributed by atoms with Crippen molar-refractivity contribution in [1.29, 1.82) is 0 Å². The summed E-state index contributed by atoms with van der Waals surface area (Å²) >= 11 is 0. The van der Waals surface area contributed by atoms with E-state index in [2.05, 4.69) is 216 Å². The van der Waals surface area contributed by atoms with Gasteiger partial charge in [0.05, 0.1) is 5.69 Å². The van der Waals surface area contributed by atoms with Crippen LogP contribution in [0.3, 0.4) is 0 Å². The number of rotatable bonds is 7. The molecule has 3 heteroatoms. The van der Waals surface area contributed by atoms with Gasteiger partial charge in [-0.2, -0.15) is 0 Å². The lowest BCUT2D eigenvalue weighted by atomic mass is 9.99. The van der Waals surface area contributed by atoms with Gasteiger partial charge in [-0.1, -0.05) is 140 Å². The normalized spacial score (nSPS) is 12.8. The van der Waals surface area contributed by atoms with E-state index >= 15 is 0 Å². The molecule has 11 rings (SSSR count). The molecular weight excluding hydrogens is 693 g/mol. The SMILES string of the molecule is C1=CC(c2ccc(N(c3ccc4ccccc4c3)c3cc(N(c4ccccc4)c4ccc5ccccc5c4)cc4c3oc3ccc5ccccc5c34)cc2)=CCC1. The molecule has 57 heavy (non-hydrogen) atoms. The van der Waals surface area contributed by atoms with Crippen LogP contribution >= 0.6 is 0 Å². The highest BCUT2D eigenvalue weighted by Gasteiger charge is 2.25. The first kappa shape index (κ1) is 33.0. The maximum atomic E-state index is 7.05. The molecule has 0 amide bonds. The van der Waals surface area contributed by atoms with Gasteiger partial charge in [-0.25, -0.2) is 0 Å². The smallest absolute Gasteiger partial charge is 0.159 e. The number of anilines is 6. The molecule has 0 spiro atoms. The molecule has 0 radical (unpaired) electrons. The maximum Gasteiger partial charge on any atom is 0.159 e. The first-order valence-electron chi connectivity index (χ1n) is 19.7. The van der Waals surface area contributed by atoms with E-state index in [9.17, 15) is 0 Å². The lowest BCUT2D eigenvalue weighted by Gasteiger charge is -2.30. The molecule has 0 aliphatic heterocycles. The van der Waals surface area contributed by atoms with Crippen molar-refractivity contribution >= 4 is 94.0 Å². The lowest BCUT2D eigenvalue weighted by Crippen LogP contribution is -2.13. The summed E-state index contributed by atoms with van der Waals surface area (Å²) in [5, 5.41) is 9.32. The molecule has 0 saturated heterocycles. The zero-order valence-corrected chi connectivity index (χ0v) is 31.3. The van der Waals surface area contributed by atoms with Crippen molar-refractivity contribution in [2.24, 2.45) is 0 Å². The number of para-hydroxylation sites is 1. The molecule has 9 aromatic carbocycles. The molecule has 1 aliphatic carbocycles. The minimum atomic E-state index is 0.840. The van der Waals surface area contributed by atoms with Crippen molar-refractivity contribution in [3.05, 3.63) is 212 Å². The second-order valence-corrected chi connectivity index (χ2v) is 14.9. The molecule has 1 heterocycles. The summed E-state index contributed by atoms with van der Waals surface area (Å²) in [4.78, 5) is 4.75. The first-order valence-corrected chi connectivity index (χ1v) is 19.7. The molecule has 0 saturated carbocycles. The van der Waals surface area contributed by atoms with Crippen LogP contribution in [0.5, 0.6) is 0 Å². The van der Waals surface area contributed by atoms with Gasteiger partial charge in [0.15, 0.2) is 5.58 Å². The molecule has 0 unspecified atom stereocenters. The molecule has 1 aromatic heterocycles. The predicted molar refractivity (Wildman–Crippen MR) is 242 cm³/mol. The van der Waals surface area contributed by atoms with E-state index in [1.165, 1.54) is 43.5 Å². The standard InChI is InChI=1S/C54H38N2O/c1-3-13-37(14-4-1)40-23-28-45(29-24-40)56(47-31-26-39-16-8-10-19-43(39)34-47)51-36-48(35-50-53-49-22-12-11-17-41(49)27-32-52(53)57-54(50)51)55(44-20-5-2-6-21-44)46-30-25-38-15-7-9-18-42(38)33-46/h2-3,5-36H,1,4H2. The number of allylic oxidation sites excluding steroid dienone is 4. The van der Waals surface area contributed by atoms with Crippen LogP contribution in [0, 0.1) is 0 Å². The first-order chi connectivity index (χ1) is 28.2. The van der Waals surface area contributed by atoms with Crippen molar-refractivity contribution in [2.45, 2.75) is 12.8 Å². The quantitative estimate of drug-likeness (QED) is 0.163. The van der Waals surface area contributed by atoms with Crippen LogP contribution in [0.2, 0.25) is 0 Å². The van der Waals surface area contributed by atoms with Gasteiger partial charge in [0.1, 0.15) is 5.58 Å². The van der Waals surface area contributed by atoms with Crippen LogP contribution in [0.25, 0.3) is 59.8 Å². The van der Waals surface area contributed by atoms with Crippen LogP contribution in [-0.2, 0) is 0 Å². The van der Waals surface area contributed by atoms with Gasteiger partial charge in [0.25, 0.3) is 0 Å². The number of fused-ring (bicyclic) bond motifs is 7. The maximum absolute atomic E-state index is 7.05. The predicted octanol–water partition coefficient (Wildman–Crippen LogP) is 15.7. The summed E-state index contributed by atoms with van der Waals surface area (Å²) < 4.78 is 7.05.